The number of halogens is 1. The van der Waals surface area contributed by atoms with Gasteiger partial charge in [-0.3, -0.25) is 0 Å². The molecule has 8 heteroatoms. The molecule has 1 saturated heterocycles. The Morgan fingerprint density at radius 3 is 2.86 bits per heavy atom. The molecule has 1 fully saturated rings. The molecule has 21 heavy (non-hydrogen) atoms. The van der Waals surface area contributed by atoms with E-state index in [2.05, 4.69) is 31.6 Å². The lowest BCUT2D eigenvalue weighted by Gasteiger charge is -2.23. The first-order valence-corrected chi connectivity index (χ1v) is 8.37. The molecule has 0 spiro atoms. The highest BCUT2D eigenvalue weighted by Crippen LogP contribution is 2.29. The second-order valence-corrected chi connectivity index (χ2v) is 7.56. The maximum atomic E-state index is 11.4. The van der Waals surface area contributed by atoms with E-state index in [1.165, 1.54) is 0 Å². The molecule has 1 aliphatic rings. The van der Waals surface area contributed by atoms with Crippen molar-refractivity contribution in [2.75, 3.05) is 13.1 Å². The maximum absolute atomic E-state index is 11.4. The van der Waals surface area contributed by atoms with Crippen molar-refractivity contribution in [2.45, 2.75) is 25.3 Å². The monoisotopic (exact) mass is 370 g/mol. The average molecular weight is 371 g/mol. The van der Waals surface area contributed by atoms with Gasteiger partial charge in [0.1, 0.15) is 0 Å². The van der Waals surface area contributed by atoms with E-state index in [1.54, 1.807) is 16.0 Å². The molecule has 0 saturated carbocycles. The summed E-state index contributed by atoms with van der Waals surface area (Å²) >= 11 is 5.06. The fourth-order valence-electron chi connectivity index (χ4n) is 2.67. The molecule has 2 aromatic heterocycles. The number of nitrogens with zero attached hydrogens (tertiary/aromatic N) is 3. The molecule has 0 amide bonds. The van der Waals surface area contributed by atoms with Crippen molar-refractivity contribution in [3.05, 3.63) is 32.2 Å². The van der Waals surface area contributed by atoms with Gasteiger partial charge in [0.25, 0.3) is 0 Å². The van der Waals surface area contributed by atoms with Gasteiger partial charge in [-0.25, -0.2) is 9.48 Å². The van der Waals surface area contributed by atoms with Gasteiger partial charge in [0.05, 0.1) is 16.0 Å². The van der Waals surface area contributed by atoms with E-state index in [0.717, 1.165) is 40.3 Å². The van der Waals surface area contributed by atoms with Crippen LogP contribution in [-0.2, 0) is 6.54 Å². The van der Waals surface area contributed by atoms with E-state index in [9.17, 15) is 9.90 Å². The van der Waals surface area contributed by atoms with Crippen LogP contribution in [0, 0.1) is 0 Å². The largest absolute Gasteiger partial charge is 0.476 e. The van der Waals surface area contributed by atoms with Gasteiger partial charge in [-0.05, 0) is 54.0 Å². The number of nitrogens with one attached hydrogen (secondary N) is 1. The van der Waals surface area contributed by atoms with Crippen LogP contribution in [0.4, 0.5) is 0 Å². The highest BCUT2D eigenvalue weighted by atomic mass is 79.9. The van der Waals surface area contributed by atoms with Crippen LogP contribution in [0.15, 0.2) is 15.9 Å². The van der Waals surface area contributed by atoms with E-state index >= 15 is 0 Å². The summed E-state index contributed by atoms with van der Waals surface area (Å²) in [4.78, 5) is 12.5. The molecular weight excluding hydrogens is 356 g/mol. The summed E-state index contributed by atoms with van der Waals surface area (Å²) in [7, 11) is 0. The van der Waals surface area contributed by atoms with Crippen LogP contribution in [0.3, 0.4) is 0 Å². The average Bonchev–Trinajstić information content (AvgIpc) is 3.07. The van der Waals surface area contributed by atoms with Crippen LogP contribution < -0.4 is 5.32 Å². The van der Waals surface area contributed by atoms with Gasteiger partial charge in [-0.1, -0.05) is 5.21 Å². The summed E-state index contributed by atoms with van der Waals surface area (Å²) < 4.78 is 2.80. The summed E-state index contributed by atoms with van der Waals surface area (Å²) in [6.45, 7) is 2.37. The van der Waals surface area contributed by atoms with Crippen molar-refractivity contribution < 1.29 is 9.90 Å². The molecule has 0 bridgehead atoms. The zero-order valence-electron chi connectivity index (χ0n) is 11.3. The van der Waals surface area contributed by atoms with Crippen molar-refractivity contribution in [2.24, 2.45) is 0 Å². The Labute approximate surface area is 134 Å². The third-order valence-corrected chi connectivity index (χ3v) is 5.24. The Morgan fingerprint density at radius 1 is 1.48 bits per heavy atom. The molecule has 2 N–H and O–H groups in total. The van der Waals surface area contributed by atoms with Crippen molar-refractivity contribution in [3.8, 4) is 0 Å². The van der Waals surface area contributed by atoms with Gasteiger partial charge in [0.2, 0.25) is 0 Å². The lowest BCUT2D eigenvalue weighted by atomic mass is 9.93. The van der Waals surface area contributed by atoms with Gasteiger partial charge in [0.15, 0.2) is 5.69 Å². The second-order valence-electron chi connectivity index (χ2n) is 5.02. The Kier molecular flexibility index (Phi) is 4.37. The Hall–Kier alpha value is -1.25. The second kappa shape index (κ2) is 6.25. The van der Waals surface area contributed by atoms with E-state index < -0.39 is 5.97 Å². The van der Waals surface area contributed by atoms with Crippen molar-refractivity contribution in [3.63, 3.8) is 0 Å². The number of carbonyl (C=O) groups is 1. The first-order chi connectivity index (χ1) is 10.1. The summed E-state index contributed by atoms with van der Waals surface area (Å²) in [5.41, 5.74) is 0.853. The molecule has 3 rings (SSSR count). The summed E-state index contributed by atoms with van der Waals surface area (Å²) in [5.74, 6) is -0.794. The molecule has 1 aliphatic heterocycles. The van der Waals surface area contributed by atoms with Crippen LogP contribution in [0.5, 0.6) is 0 Å². The molecule has 0 aliphatic carbocycles. The molecule has 0 aromatic carbocycles. The van der Waals surface area contributed by atoms with E-state index in [0.29, 0.717) is 6.54 Å². The number of carboxylic acid groups (broad SMARTS) is 1. The summed E-state index contributed by atoms with van der Waals surface area (Å²) in [5, 5.41) is 20.6. The van der Waals surface area contributed by atoms with Crippen molar-refractivity contribution >= 4 is 33.2 Å². The summed E-state index contributed by atoms with van der Waals surface area (Å²) in [6.07, 6.45) is 1.84. The Bertz CT molecular complexity index is 648. The lowest BCUT2D eigenvalue weighted by molar-refractivity contribution is 0.0688. The SMILES string of the molecule is O=C(O)c1nnn(Cc2ccc(Br)s2)c1C1CCNCC1. The number of carboxylic acids is 1. The zero-order chi connectivity index (χ0) is 14.8. The van der Waals surface area contributed by atoms with Crippen molar-refractivity contribution in [1.82, 2.24) is 20.3 Å². The van der Waals surface area contributed by atoms with E-state index in [4.69, 9.17) is 0 Å². The predicted octanol–water partition coefficient (Wildman–Crippen LogP) is 2.32. The molecule has 0 unspecified atom stereocenters. The Balaban J connectivity index is 1.93. The molecule has 2 aromatic rings. The maximum Gasteiger partial charge on any atom is 0.358 e. The first-order valence-electron chi connectivity index (χ1n) is 6.76. The number of aromatic nitrogens is 3. The standard InChI is InChI=1S/C13H15BrN4O2S/c14-10-2-1-9(21-10)7-18-12(8-3-5-15-6-4-8)11(13(19)20)16-17-18/h1-2,8,15H,3-7H2,(H,19,20). The Morgan fingerprint density at radius 2 is 2.24 bits per heavy atom. The zero-order valence-corrected chi connectivity index (χ0v) is 13.7. The minimum Gasteiger partial charge on any atom is -0.476 e. The van der Waals surface area contributed by atoms with Gasteiger partial charge in [-0.15, -0.1) is 16.4 Å². The first kappa shape index (κ1) is 14.7. The summed E-state index contributed by atoms with van der Waals surface area (Å²) in [6, 6.07) is 4.00. The quantitative estimate of drug-likeness (QED) is 0.862. The van der Waals surface area contributed by atoms with Crippen LogP contribution in [0.2, 0.25) is 0 Å². The highest BCUT2D eigenvalue weighted by Gasteiger charge is 2.27. The molecule has 3 heterocycles. The normalized spacial score (nSPS) is 16.2. The van der Waals surface area contributed by atoms with Gasteiger partial charge < -0.3 is 10.4 Å². The van der Waals surface area contributed by atoms with Crippen LogP contribution >= 0.6 is 27.3 Å². The minimum absolute atomic E-state index is 0.0949. The van der Waals surface area contributed by atoms with Gasteiger partial charge in [0, 0.05) is 10.8 Å². The molecular formula is C13H15BrN4O2S. The van der Waals surface area contributed by atoms with Crippen LogP contribution in [0.1, 0.15) is 39.8 Å². The minimum atomic E-state index is -0.998. The van der Waals surface area contributed by atoms with Crippen LogP contribution in [-0.4, -0.2) is 39.2 Å². The number of rotatable bonds is 4. The van der Waals surface area contributed by atoms with Crippen LogP contribution in [0.25, 0.3) is 0 Å². The third kappa shape index (κ3) is 3.17. The molecule has 0 atom stereocenters. The number of aromatic carboxylic acids is 1. The van der Waals surface area contributed by atoms with E-state index in [1.807, 2.05) is 12.1 Å². The molecule has 112 valence electrons. The lowest BCUT2D eigenvalue weighted by Crippen LogP contribution is -2.28. The number of hydrogen-bond donors (Lipinski definition) is 2. The highest BCUT2D eigenvalue weighted by molar-refractivity contribution is 9.11. The fourth-order valence-corrected chi connectivity index (χ4v) is 4.14. The molecule has 6 nitrogen and oxygen atoms in total. The topological polar surface area (TPSA) is 80.0 Å². The van der Waals surface area contributed by atoms with Gasteiger partial charge >= 0.3 is 5.97 Å². The molecule has 0 radical (unpaired) electrons. The third-order valence-electron chi connectivity index (χ3n) is 3.64. The number of piperidine rings is 1. The van der Waals surface area contributed by atoms with Gasteiger partial charge in [-0.2, -0.15) is 0 Å². The van der Waals surface area contributed by atoms with Crippen molar-refractivity contribution in [1.29, 1.82) is 0 Å². The fraction of sp³-hybridized carbons (Fsp3) is 0.462. The predicted molar refractivity (Wildman–Crippen MR) is 82.9 cm³/mol. The number of thiophene rings is 1. The smallest absolute Gasteiger partial charge is 0.358 e. The van der Waals surface area contributed by atoms with E-state index in [-0.39, 0.29) is 11.6 Å². The number of hydrogen-bond acceptors (Lipinski definition) is 5.